The van der Waals surface area contributed by atoms with Crippen LogP contribution >= 0.6 is 12.2 Å². The van der Waals surface area contributed by atoms with Crippen molar-refractivity contribution in [2.24, 2.45) is 0 Å². The van der Waals surface area contributed by atoms with Gasteiger partial charge < -0.3 is 0 Å². The molecule has 0 bridgehead atoms. The molecule has 1 atom stereocenters. The lowest BCUT2D eigenvalue weighted by Crippen LogP contribution is -2.34. The van der Waals surface area contributed by atoms with Gasteiger partial charge in [-0.3, -0.25) is 9.47 Å². The molecule has 2 aromatic carbocycles. The number of nitrogens with zero attached hydrogens (tertiary/aromatic N) is 4. The van der Waals surface area contributed by atoms with E-state index in [1.165, 1.54) is 5.56 Å². The predicted molar refractivity (Wildman–Crippen MR) is 131 cm³/mol. The molecule has 0 spiro atoms. The van der Waals surface area contributed by atoms with E-state index in [1.807, 2.05) is 46.8 Å². The molecule has 2 heterocycles. The van der Waals surface area contributed by atoms with Crippen LogP contribution < -0.4 is 0 Å². The van der Waals surface area contributed by atoms with E-state index in [-0.39, 0.29) is 23.0 Å². The molecule has 1 aliphatic rings. The Morgan fingerprint density at radius 3 is 2.31 bits per heavy atom. The van der Waals surface area contributed by atoms with Crippen molar-refractivity contribution >= 4 is 22.1 Å². The average Bonchev–Trinajstić information content (AvgIpc) is 3.27. The fourth-order valence-corrected chi connectivity index (χ4v) is 6.16. The van der Waals surface area contributed by atoms with Crippen molar-refractivity contribution in [3.05, 3.63) is 64.9 Å². The number of para-hydroxylation sites is 1. The number of sulfone groups is 1. The smallest absolute Gasteiger partial charge is 0.204 e. The summed E-state index contributed by atoms with van der Waals surface area (Å²) in [6, 6.07) is 18.4. The monoisotopic (exact) mass is 470 g/mol. The Balaban J connectivity index is 1.74. The molecule has 0 amide bonds. The zero-order valence-electron chi connectivity index (χ0n) is 19.0. The maximum Gasteiger partial charge on any atom is 0.204 e. The molecule has 1 saturated heterocycles. The van der Waals surface area contributed by atoms with Crippen molar-refractivity contribution < 1.29 is 8.42 Å². The zero-order valence-corrected chi connectivity index (χ0v) is 20.7. The summed E-state index contributed by atoms with van der Waals surface area (Å²) < 4.78 is 28.2. The second kappa shape index (κ2) is 8.57. The first kappa shape index (κ1) is 22.9. The molecule has 1 aromatic heterocycles. The maximum atomic E-state index is 11.9. The van der Waals surface area contributed by atoms with Crippen LogP contribution in [-0.4, -0.2) is 52.3 Å². The normalized spacial score (nSPS) is 18.3. The molecule has 0 N–H and O–H groups in total. The summed E-state index contributed by atoms with van der Waals surface area (Å²) in [7, 11) is -1.01. The number of rotatable bonds is 5. The molecule has 0 saturated carbocycles. The van der Waals surface area contributed by atoms with Gasteiger partial charge in [0.05, 0.1) is 18.2 Å². The standard InChI is InChI=1S/C24H30N4O2S2/c1-24(2,3)19-12-10-18(11-13-19)22-25-27(17-26(4)21-14-15-32(29,30)16-21)23(31)28(22)20-8-6-5-7-9-20/h5-13,21H,14-17H2,1-4H3. The van der Waals surface area contributed by atoms with E-state index in [4.69, 9.17) is 17.3 Å². The van der Waals surface area contributed by atoms with Crippen molar-refractivity contribution in [2.75, 3.05) is 18.6 Å². The predicted octanol–water partition coefficient (Wildman–Crippen LogP) is 4.44. The Morgan fingerprint density at radius 2 is 1.75 bits per heavy atom. The van der Waals surface area contributed by atoms with Crippen LogP contribution in [0.3, 0.4) is 0 Å². The lowest BCUT2D eigenvalue weighted by atomic mass is 9.87. The van der Waals surface area contributed by atoms with Gasteiger partial charge in [0.1, 0.15) is 0 Å². The lowest BCUT2D eigenvalue weighted by Gasteiger charge is -2.22. The number of benzene rings is 2. The molecule has 0 aliphatic carbocycles. The molecule has 8 heteroatoms. The SMILES string of the molecule is CN(Cn1nc(-c2ccc(C(C)(C)C)cc2)n(-c2ccccc2)c1=S)C1CCS(=O)(=O)C1. The van der Waals surface area contributed by atoms with Gasteiger partial charge in [-0.1, -0.05) is 63.2 Å². The summed E-state index contributed by atoms with van der Waals surface area (Å²) in [4.78, 5) is 2.04. The third-order valence-corrected chi connectivity index (χ3v) is 8.20. The highest BCUT2D eigenvalue weighted by atomic mass is 32.2. The summed E-state index contributed by atoms with van der Waals surface area (Å²) >= 11 is 5.84. The van der Waals surface area contributed by atoms with Crippen molar-refractivity contribution in [1.29, 1.82) is 0 Å². The van der Waals surface area contributed by atoms with E-state index in [2.05, 4.69) is 45.0 Å². The van der Waals surface area contributed by atoms with Crippen molar-refractivity contribution in [2.45, 2.75) is 45.3 Å². The van der Waals surface area contributed by atoms with Crippen LogP contribution in [0.15, 0.2) is 54.6 Å². The van der Waals surface area contributed by atoms with Gasteiger partial charge in [0.25, 0.3) is 0 Å². The Morgan fingerprint density at radius 1 is 1.09 bits per heavy atom. The molecule has 170 valence electrons. The molecule has 1 fully saturated rings. The van der Waals surface area contributed by atoms with E-state index < -0.39 is 9.84 Å². The van der Waals surface area contributed by atoms with Crippen LogP contribution in [0.5, 0.6) is 0 Å². The number of hydrogen-bond donors (Lipinski definition) is 0. The maximum absolute atomic E-state index is 11.9. The molecule has 32 heavy (non-hydrogen) atoms. The summed E-state index contributed by atoms with van der Waals surface area (Å²) in [5.74, 6) is 1.21. The van der Waals surface area contributed by atoms with Crippen molar-refractivity contribution in [1.82, 2.24) is 19.2 Å². The van der Waals surface area contributed by atoms with Crippen LogP contribution in [0.1, 0.15) is 32.8 Å². The Bertz CT molecular complexity index is 1250. The molecule has 4 rings (SSSR count). The van der Waals surface area contributed by atoms with Crippen molar-refractivity contribution in [3.8, 4) is 17.1 Å². The topological polar surface area (TPSA) is 60.1 Å². The van der Waals surface area contributed by atoms with E-state index in [1.54, 1.807) is 4.68 Å². The van der Waals surface area contributed by atoms with Gasteiger partial charge >= 0.3 is 0 Å². The van der Waals surface area contributed by atoms with Gasteiger partial charge in [-0.25, -0.2) is 13.1 Å². The molecular weight excluding hydrogens is 440 g/mol. The summed E-state index contributed by atoms with van der Waals surface area (Å²) in [5.41, 5.74) is 3.26. The molecule has 1 aliphatic heterocycles. The molecule has 0 radical (unpaired) electrons. The van der Waals surface area contributed by atoms with Gasteiger partial charge in [0.15, 0.2) is 15.7 Å². The first-order valence-corrected chi connectivity index (χ1v) is 13.0. The minimum absolute atomic E-state index is 0.0155. The Kier molecular flexibility index (Phi) is 6.13. The first-order chi connectivity index (χ1) is 15.0. The highest BCUT2D eigenvalue weighted by molar-refractivity contribution is 7.91. The van der Waals surface area contributed by atoms with Gasteiger partial charge in [0, 0.05) is 17.3 Å². The fourth-order valence-electron chi connectivity index (χ4n) is 4.07. The molecule has 1 unspecified atom stereocenters. The lowest BCUT2D eigenvalue weighted by molar-refractivity contribution is 0.196. The number of hydrogen-bond acceptors (Lipinski definition) is 5. The molecule has 6 nitrogen and oxygen atoms in total. The van der Waals surface area contributed by atoms with Crippen LogP contribution in [-0.2, 0) is 21.9 Å². The summed E-state index contributed by atoms with van der Waals surface area (Å²) in [6.07, 6.45) is 0.646. The van der Waals surface area contributed by atoms with Gasteiger partial charge in [-0.2, -0.15) is 0 Å². The molecule has 3 aromatic rings. The highest BCUT2D eigenvalue weighted by Gasteiger charge is 2.31. The Labute approximate surface area is 195 Å². The van der Waals surface area contributed by atoms with E-state index in [9.17, 15) is 8.42 Å². The molecular formula is C24H30N4O2S2. The Hall–Kier alpha value is -2.29. The van der Waals surface area contributed by atoms with Crippen LogP contribution in [0.4, 0.5) is 0 Å². The van der Waals surface area contributed by atoms with Crippen LogP contribution in [0.25, 0.3) is 17.1 Å². The van der Waals surface area contributed by atoms with Crippen LogP contribution in [0, 0.1) is 4.77 Å². The average molecular weight is 471 g/mol. The van der Waals surface area contributed by atoms with E-state index in [0.29, 0.717) is 17.9 Å². The highest BCUT2D eigenvalue weighted by Crippen LogP contribution is 2.27. The minimum Gasteiger partial charge on any atom is -0.283 e. The second-order valence-electron chi connectivity index (χ2n) is 9.56. The first-order valence-electron chi connectivity index (χ1n) is 10.8. The van der Waals surface area contributed by atoms with Crippen molar-refractivity contribution in [3.63, 3.8) is 0 Å². The van der Waals surface area contributed by atoms with Gasteiger partial charge in [0.2, 0.25) is 4.77 Å². The van der Waals surface area contributed by atoms with Gasteiger partial charge in [-0.05, 0) is 48.8 Å². The fraction of sp³-hybridized carbons (Fsp3) is 0.417. The third-order valence-electron chi connectivity index (χ3n) is 6.05. The van der Waals surface area contributed by atoms with E-state index in [0.717, 1.165) is 17.1 Å². The van der Waals surface area contributed by atoms with E-state index >= 15 is 0 Å². The van der Waals surface area contributed by atoms with Crippen LogP contribution in [0.2, 0.25) is 0 Å². The van der Waals surface area contributed by atoms with Gasteiger partial charge in [-0.15, -0.1) is 5.10 Å². The minimum atomic E-state index is -2.95. The second-order valence-corrected chi connectivity index (χ2v) is 12.2. The largest absolute Gasteiger partial charge is 0.283 e. The summed E-state index contributed by atoms with van der Waals surface area (Å²) in [6.45, 7) is 7.02. The summed E-state index contributed by atoms with van der Waals surface area (Å²) in [5, 5.41) is 4.88. The quantitative estimate of drug-likeness (QED) is 0.516. The zero-order chi connectivity index (χ0) is 23.1. The third kappa shape index (κ3) is 4.72. The number of aromatic nitrogens is 3.